The smallest absolute Gasteiger partial charge is 0.318 e. The quantitative estimate of drug-likeness (QED) is 0.137. The second-order valence-corrected chi connectivity index (χ2v) is 23.7. The van der Waals surface area contributed by atoms with E-state index in [9.17, 15) is 4.79 Å². The molecule has 0 aliphatic rings. The zero-order valence-corrected chi connectivity index (χ0v) is 26.0. The van der Waals surface area contributed by atoms with Gasteiger partial charge in [-0.25, -0.2) is 0 Å². The summed E-state index contributed by atoms with van der Waals surface area (Å²) in [6, 6.07) is 9.45. The summed E-state index contributed by atoms with van der Waals surface area (Å²) in [5.74, 6) is -0.249. The van der Waals surface area contributed by atoms with Crippen molar-refractivity contribution in [3.05, 3.63) is 0 Å². The predicted molar refractivity (Wildman–Crippen MR) is 144 cm³/mol. The molecule has 0 heterocycles. The molecule has 0 spiro atoms. The predicted octanol–water partition coefficient (Wildman–Crippen LogP) is 7.21. The van der Waals surface area contributed by atoms with Gasteiger partial charge in [0.15, 0.2) is 25.0 Å². The van der Waals surface area contributed by atoms with Gasteiger partial charge in [0.2, 0.25) is 0 Å². The Kier molecular flexibility index (Phi) is 15.1. The number of carbonyl (C=O) groups is 1. The van der Waals surface area contributed by atoms with Crippen molar-refractivity contribution in [3.63, 3.8) is 0 Å². The van der Waals surface area contributed by atoms with Crippen molar-refractivity contribution in [2.75, 3.05) is 26.9 Å². The summed E-state index contributed by atoms with van der Waals surface area (Å²) in [5.41, 5.74) is -0.901. The normalized spacial score (nSPS) is 13.4. The Morgan fingerprint density at radius 1 is 0.531 bits per heavy atom. The molecule has 0 amide bonds. The number of methoxy groups -OCH3 is 1. The van der Waals surface area contributed by atoms with E-state index in [4.69, 9.17) is 18.0 Å². The monoisotopic (exact) mass is 506 g/mol. The van der Waals surface area contributed by atoms with Crippen molar-refractivity contribution >= 4 is 30.9 Å². The molecule has 0 rings (SSSR count). The zero-order chi connectivity index (χ0) is 24.9. The van der Waals surface area contributed by atoms with Gasteiger partial charge < -0.3 is 18.0 Å². The fourth-order valence-electron chi connectivity index (χ4n) is 4.56. The Bertz CT molecular complexity index is 433. The van der Waals surface area contributed by atoms with E-state index < -0.39 is 30.4 Å². The molecule has 8 heteroatoms. The first-order valence-electron chi connectivity index (χ1n) is 13.2. The van der Waals surface area contributed by atoms with E-state index in [1.54, 1.807) is 0 Å². The molecule has 0 saturated carbocycles. The van der Waals surface area contributed by atoms with Gasteiger partial charge in [-0.2, -0.15) is 0 Å². The van der Waals surface area contributed by atoms with Crippen molar-refractivity contribution in [3.8, 4) is 0 Å². The molecule has 0 atom stereocenters. The Hall–Kier alpha value is 0.000649. The van der Waals surface area contributed by atoms with Crippen LogP contribution in [0.3, 0.4) is 0 Å². The van der Waals surface area contributed by atoms with Gasteiger partial charge in [-0.15, -0.1) is 0 Å². The van der Waals surface area contributed by atoms with Crippen molar-refractivity contribution in [1.29, 1.82) is 0 Å². The number of ether oxygens (including phenoxy) is 1. The minimum Gasteiger partial charge on any atom is -0.468 e. The van der Waals surface area contributed by atoms with E-state index in [0.717, 1.165) is 54.4 Å². The van der Waals surface area contributed by atoms with Crippen LogP contribution in [0.1, 0.15) is 62.3 Å². The van der Waals surface area contributed by atoms with E-state index in [-0.39, 0.29) is 5.97 Å². The van der Waals surface area contributed by atoms with Crippen molar-refractivity contribution < 1.29 is 22.8 Å². The zero-order valence-electron chi connectivity index (χ0n) is 23.0. The van der Waals surface area contributed by atoms with Gasteiger partial charge in [0.05, 0.1) is 26.9 Å². The van der Waals surface area contributed by atoms with Crippen molar-refractivity contribution in [2.45, 2.75) is 117 Å². The third-order valence-corrected chi connectivity index (χ3v) is 22.2. The van der Waals surface area contributed by atoms with Gasteiger partial charge in [-0.3, -0.25) is 4.79 Å². The van der Waals surface area contributed by atoms with Gasteiger partial charge in [0.1, 0.15) is 5.41 Å². The molecular weight excluding hydrogens is 453 g/mol. The first kappa shape index (κ1) is 32.0. The van der Waals surface area contributed by atoms with Gasteiger partial charge in [0, 0.05) is 0 Å². The number of esters is 1. The summed E-state index contributed by atoms with van der Waals surface area (Å²) in [7, 11) is -4.16. The average molecular weight is 507 g/mol. The summed E-state index contributed by atoms with van der Waals surface area (Å²) < 4.78 is 25.5. The molecule has 0 fully saturated rings. The molecule has 0 aromatic rings. The minimum absolute atomic E-state index is 0.249. The molecule has 0 bridgehead atoms. The molecule has 192 valence electrons. The summed E-state index contributed by atoms with van der Waals surface area (Å²) in [4.78, 5) is 13.4. The maximum Gasteiger partial charge on any atom is 0.318 e. The van der Waals surface area contributed by atoms with Gasteiger partial charge >= 0.3 is 5.97 Å². The SMILES string of the molecule is CC[Si](CC)(CC)OCC(CO[Si](CC)(CC)CC)(CO[Si](CC)(CC)CC)C(=O)OC. The van der Waals surface area contributed by atoms with E-state index in [2.05, 4.69) is 62.3 Å². The second kappa shape index (κ2) is 15.1. The molecule has 0 saturated heterocycles. The highest BCUT2D eigenvalue weighted by Gasteiger charge is 2.47. The lowest BCUT2D eigenvalue weighted by Gasteiger charge is -2.41. The molecule has 0 N–H and O–H groups in total. The van der Waals surface area contributed by atoms with Crippen LogP contribution in [0.2, 0.25) is 54.4 Å². The molecule has 0 aromatic carbocycles. The van der Waals surface area contributed by atoms with Crippen LogP contribution in [0.25, 0.3) is 0 Å². The fraction of sp³-hybridized carbons (Fsp3) is 0.958. The van der Waals surface area contributed by atoms with Crippen LogP contribution < -0.4 is 0 Å². The summed E-state index contributed by atoms with van der Waals surface area (Å²) in [6.45, 7) is 21.0. The Labute approximate surface area is 202 Å². The van der Waals surface area contributed by atoms with Crippen LogP contribution in [0.15, 0.2) is 0 Å². The highest BCUT2D eigenvalue weighted by atomic mass is 28.4. The first-order chi connectivity index (χ1) is 15.1. The molecule has 0 aliphatic carbocycles. The summed E-state index contributed by atoms with van der Waals surface area (Å²) >= 11 is 0. The van der Waals surface area contributed by atoms with E-state index >= 15 is 0 Å². The topological polar surface area (TPSA) is 54.0 Å². The Morgan fingerprint density at radius 3 is 0.906 bits per heavy atom. The maximum atomic E-state index is 13.4. The molecule has 0 aliphatic heterocycles. The molecule has 32 heavy (non-hydrogen) atoms. The maximum absolute atomic E-state index is 13.4. The lowest BCUT2D eigenvalue weighted by atomic mass is 9.91. The standard InChI is InChI=1S/C24H54O5Si3/c1-11-30(12-2,13-3)27-20-24(23(25)26-10,21-28-31(14-4,15-5)16-6)22-29-32(17-7,18-8)19-9/h11-22H2,1-10H3. The molecular formula is C24H54O5Si3. The van der Waals surface area contributed by atoms with Crippen LogP contribution in [-0.4, -0.2) is 57.9 Å². The summed E-state index contributed by atoms with van der Waals surface area (Å²) in [5, 5.41) is 0. The third-order valence-electron chi connectivity index (χ3n) is 8.38. The number of hydrogen-bond acceptors (Lipinski definition) is 5. The fourth-order valence-corrected chi connectivity index (χ4v) is 12.6. The average Bonchev–Trinajstić information content (AvgIpc) is 2.86. The van der Waals surface area contributed by atoms with Gasteiger partial charge in [0.25, 0.3) is 0 Å². The van der Waals surface area contributed by atoms with Crippen molar-refractivity contribution in [2.24, 2.45) is 5.41 Å². The third kappa shape index (κ3) is 8.05. The van der Waals surface area contributed by atoms with Crippen LogP contribution in [-0.2, 0) is 22.8 Å². The second-order valence-electron chi connectivity index (χ2n) is 9.37. The number of carbonyl (C=O) groups excluding carboxylic acids is 1. The van der Waals surface area contributed by atoms with E-state index in [1.165, 1.54) is 7.11 Å². The molecule has 0 unspecified atom stereocenters. The van der Waals surface area contributed by atoms with Crippen LogP contribution in [0, 0.1) is 5.41 Å². The van der Waals surface area contributed by atoms with E-state index in [0.29, 0.717) is 19.8 Å². The van der Waals surface area contributed by atoms with E-state index in [1.807, 2.05) is 0 Å². The van der Waals surface area contributed by atoms with Gasteiger partial charge in [-0.05, 0) is 54.4 Å². The highest BCUT2D eigenvalue weighted by Crippen LogP contribution is 2.33. The van der Waals surface area contributed by atoms with Crippen LogP contribution in [0.4, 0.5) is 0 Å². The number of hydrogen-bond donors (Lipinski definition) is 0. The molecule has 5 nitrogen and oxygen atoms in total. The Morgan fingerprint density at radius 2 is 0.750 bits per heavy atom. The van der Waals surface area contributed by atoms with Crippen LogP contribution >= 0.6 is 0 Å². The van der Waals surface area contributed by atoms with Crippen LogP contribution in [0.5, 0.6) is 0 Å². The lowest BCUT2D eigenvalue weighted by molar-refractivity contribution is -0.160. The molecule has 0 aromatic heterocycles. The Balaban J connectivity index is 6.15. The number of rotatable bonds is 19. The molecule has 0 radical (unpaired) electrons. The first-order valence-corrected chi connectivity index (χ1v) is 20.7. The lowest BCUT2D eigenvalue weighted by Crippen LogP contribution is -2.53. The summed E-state index contributed by atoms with van der Waals surface area (Å²) in [6.07, 6.45) is 0. The largest absolute Gasteiger partial charge is 0.468 e. The van der Waals surface area contributed by atoms with Gasteiger partial charge in [-0.1, -0.05) is 62.3 Å². The minimum atomic E-state index is -1.88. The van der Waals surface area contributed by atoms with Crippen molar-refractivity contribution in [1.82, 2.24) is 0 Å². The highest BCUT2D eigenvalue weighted by molar-refractivity contribution is 6.74.